The highest BCUT2D eigenvalue weighted by molar-refractivity contribution is 4.79. The maximum absolute atomic E-state index is 3.72. The molecule has 10 heavy (non-hydrogen) atoms. The van der Waals surface area contributed by atoms with Gasteiger partial charge < -0.3 is 0 Å². The SMILES string of the molecule is C=CCCCC(C)C1CC1. The minimum atomic E-state index is 0.986. The van der Waals surface area contributed by atoms with Crippen molar-refractivity contribution in [3.8, 4) is 0 Å². The molecule has 0 saturated heterocycles. The molecule has 0 aromatic rings. The van der Waals surface area contributed by atoms with Gasteiger partial charge in [-0.15, -0.1) is 6.58 Å². The van der Waals surface area contributed by atoms with Crippen LogP contribution < -0.4 is 0 Å². The number of unbranched alkanes of at least 4 members (excludes halogenated alkanes) is 1. The zero-order valence-corrected chi connectivity index (χ0v) is 6.97. The lowest BCUT2D eigenvalue weighted by Gasteiger charge is -2.06. The molecule has 0 nitrogen and oxygen atoms in total. The third kappa shape index (κ3) is 2.55. The molecule has 0 heteroatoms. The summed E-state index contributed by atoms with van der Waals surface area (Å²) in [5.41, 5.74) is 0. The van der Waals surface area contributed by atoms with Crippen LogP contribution in [0.3, 0.4) is 0 Å². The van der Waals surface area contributed by atoms with Gasteiger partial charge in [0.05, 0.1) is 0 Å². The molecule has 0 N–H and O–H groups in total. The molecule has 1 aliphatic rings. The summed E-state index contributed by atoms with van der Waals surface area (Å²) in [6.07, 6.45) is 8.99. The Morgan fingerprint density at radius 2 is 2.30 bits per heavy atom. The molecule has 0 heterocycles. The molecule has 1 unspecified atom stereocenters. The number of allylic oxidation sites excluding steroid dienone is 1. The molecule has 0 radical (unpaired) electrons. The van der Waals surface area contributed by atoms with Crippen molar-refractivity contribution in [3.05, 3.63) is 12.7 Å². The van der Waals surface area contributed by atoms with E-state index in [9.17, 15) is 0 Å². The average molecular weight is 138 g/mol. The van der Waals surface area contributed by atoms with Crippen molar-refractivity contribution < 1.29 is 0 Å². The Morgan fingerprint density at radius 3 is 2.80 bits per heavy atom. The van der Waals surface area contributed by atoms with E-state index in [1.165, 1.54) is 32.1 Å². The highest BCUT2D eigenvalue weighted by Crippen LogP contribution is 2.38. The highest BCUT2D eigenvalue weighted by Gasteiger charge is 2.26. The second kappa shape index (κ2) is 3.80. The second-order valence-corrected chi connectivity index (χ2v) is 3.53. The van der Waals surface area contributed by atoms with Gasteiger partial charge in [-0.05, 0) is 37.5 Å². The normalized spacial score (nSPS) is 20.5. The fourth-order valence-electron chi connectivity index (χ4n) is 1.49. The number of hydrogen-bond donors (Lipinski definition) is 0. The molecule has 0 aromatic heterocycles. The molecule has 1 aliphatic carbocycles. The van der Waals surface area contributed by atoms with Gasteiger partial charge in [0.25, 0.3) is 0 Å². The molecule has 1 fully saturated rings. The number of rotatable bonds is 5. The standard InChI is InChI=1S/C10H18/c1-3-4-5-6-9(2)10-7-8-10/h3,9-10H,1,4-8H2,2H3. The Morgan fingerprint density at radius 1 is 1.60 bits per heavy atom. The van der Waals surface area contributed by atoms with Crippen LogP contribution >= 0.6 is 0 Å². The lowest BCUT2D eigenvalue weighted by atomic mass is 9.99. The van der Waals surface area contributed by atoms with Crippen molar-refractivity contribution in [3.63, 3.8) is 0 Å². The van der Waals surface area contributed by atoms with Gasteiger partial charge in [-0.2, -0.15) is 0 Å². The van der Waals surface area contributed by atoms with E-state index in [-0.39, 0.29) is 0 Å². The summed E-state index contributed by atoms with van der Waals surface area (Å²) in [4.78, 5) is 0. The largest absolute Gasteiger partial charge is 0.103 e. The van der Waals surface area contributed by atoms with Crippen molar-refractivity contribution in [1.82, 2.24) is 0 Å². The van der Waals surface area contributed by atoms with E-state index in [1.54, 1.807) is 0 Å². The van der Waals surface area contributed by atoms with E-state index in [4.69, 9.17) is 0 Å². The Labute approximate surface area is 64.3 Å². The molecule has 0 bridgehead atoms. The molecule has 58 valence electrons. The quantitative estimate of drug-likeness (QED) is 0.403. The van der Waals surface area contributed by atoms with E-state index in [0.29, 0.717) is 0 Å². The molecular formula is C10H18. The third-order valence-electron chi connectivity index (χ3n) is 2.49. The summed E-state index contributed by atoms with van der Waals surface area (Å²) in [6.45, 7) is 6.11. The van der Waals surface area contributed by atoms with Crippen LogP contribution in [0.1, 0.15) is 39.0 Å². The molecular weight excluding hydrogens is 120 g/mol. The van der Waals surface area contributed by atoms with Crippen LogP contribution in [0.5, 0.6) is 0 Å². The summed E-state index contributed by atoms with van der Waals surface area (Å²) < 4.78 is 0. The van der Waals surface area contributed by atoms with Gasteiger partial charge in [-0.3, -0.25) is 0 Å². The van der Waals surface area contributed by atoms with E-state index in [1.807, 2.05) is 6.08 Å². The van der Waals surface area contributed by atoms with Crippen molar-refractivity contribution in [1.29, 1.82) is 0 Å². The first-order valence-corrected chi connectivity index (χ1v) is 4.45. The lowest BCUT2D eigenvalue weighted by Crippen LogP contribution is -1.95. The van der Waals surface area contributed by atoms with Crippen LogP contribution in [0.15, 0.2) is 12.7 Å². The fourth-order valence-corrected chi connectivity index (χ4v) is 1.49. The predicted molar refractivity (Wildman–Crippen MR) is 45.9 cm³/mol. The molecule has 0 spiro atoms. The van der Waals surface area contributed by atoms with E-state index < -0.39 is 0 Å². The minimum absolute atomic E-state index is 0.986. The zero-order chi connectivity index (χ0) is 7.40. The fraction of sp³-hybridized carbons (Fsp3) is 0.800. The van der Waals surface area contributed by atoms with Crippen LogP contribution in [-0.2, 0) is 0 Å². The third-order valence-corrected chi connectivity index (χ3v) is 2.49. The zero-order valence-electron chi connectivity index (χ0n) is 6.97. The van der Waals surface area contributed by atoms with Gasteiger partial charge in [0, 0.05) is 0 Å². The summed E-state index contributed by atoms with van der Waals surface area (Å²) >= 11 is 0. The Balaban J connectivity index is 1.95. The summed E-state index contributed by atoms with van der Waals surface area (Å²) in [6, 6.07) is 0. The van der Waals surface area contributed by atoms with E-state index in [2.05, 4.69) is 13.5 Å². The lowest BCUT2D eigenvalue weighted by molar-refractivity contribution is 0.456. The van der Waals surface area contributed by atoms with Gasteiger partial charge in [0.1, 0.15) is 0 Å². The van der Waals surface area contributed by atoms with Gasteiger partial charge in [-0.25, -0.2) is 0 Å². The molecule has 0 aliphatic heterocycles. The van der Waals surface area contributed by atoms with Gasteiger partial charge in [0.15, 0.2) is 0 Å². The van der Waals surface area contributed by atoms with Crippen molar-refractivity contribution in [2.24, 2.45) is 11.8 Å². The molecule has 1 atom stereocenters. The first-order chi connectivity index (χ1) is 4.84. The van der Waals surface area contributed by atoms with Crippen molar-refractivity contribution in [2.75, 3.05) is 0 Å². The first-order valence-electron chi connectivity index (χ1n) is 4.45. The first kappa shape index (κ1) is 7.84. The summed E-state index contributed by atoms with van der Waals surface area (Å²) in [7, 11) is 0. The summed E-state index contributed by atoms with van der Waals surface area (Å²) in [5.74, 6) is 2.07. The maximum Gasteiger partial charge on any atom is -0.0353 e. The van der Waals surface area contributed by atoms with Crippen LogP contribution in [0.2, 0.25) is 0 Å². The second-order valence-electron chi connectivity index (χ2n) is 3.53. The molecule has 1 saturated carbocycles. The highest BCUT2D eigenvalue weighted by atomic mass is 14.3. The monoisotopic (exact) mass is 138 g/mol. The van der Waals surface area contributed by atoms with Crippen LogP contribution in [0.25, 0.3) is 0 Å². The Hall–Kier alpha value is -0.260. The maximum atomic E-state index is 3.72. The molecule has 1 rings (SSSR count). The van der Waals surface area contributed by atoms with E-state index >= 15 is 0 Å². The van der Waals surface area contributed by atoms with Crippen molar-refractivity contribution >= 4 is 0 Å². The molecule has 0 amide bonds. The van der Waals surface area contributed by atoms with Gasteiger partial charge >= 0.3 is 0 Å². The van der Waals surface area contributed by atoms with Crippen LogP contribution in [0, 0.1) is 11.8 Å². The Bertz CT molecular complexity index is 101. The van der Waals surface area contributed by atoms with Crippen LogP contribution in [-0.4, -0.2) is 0 Å². The van der Waals surface area contributed by atoms with E-state index in [0.717, 1.165) is 11.8 Å². The van der Waals surface area contributed by atoms with Gasteiger partial charge in [0.2, 0.25) is 0 Å². The van der Waals surface area contributed by atoms with Crippen molar-refractivity contribution in [2.45, 2.75) is 39.0 Å². The topological polar surface area (TPSA) is 0 Å². The van der Waals surface area contributed by atoms with Gasteiger partial charge in [-0.1, -0.05) is 19.4 Å². The molecule has 0 aromatic carbocycles. The van der Waals surface area contributed by atoms with Crippen LogP contribution in [0.4, 0.5) is 0 Å². The smallest absolute Gasteiger partial charge is 0.0353 e. The Kier molecular flexibility index (Phi) is 2.98. The number of hydrogen-bond acceptors (Lipinski definition) is 0. The summed E-state index contributed by atoms with van der Waals surface area (Å²) in [5, 5.41) is 0. The average Bonchev–Trinajstić information content (AvgIpc) is 2.69. The minimum Gasteiger partial charge on any atom is -0.103 e. The predicted octanol–water partition coefficient (Wildman–Crippen LogP) is 3.39.